The first-order valence-electron chi connectivity index (χ1n) is 12.1. The van der Waals surface area contributed by atoms with E-state index in [1.54, 1.807) is 81.0 Å². The lowest BCUT2D eigenvalue weighted by atomic mass is 10.0. The minimum Gasteiger partial charge on any atom is -0.507 e. The van der Waals surface area contributed by atoms with E-state index in [0.717, 1.165) is 0 Å². The molecule has 202 valence electrons. The van der Waals surface area contributed by atoms with E-state index in [9.17, 15) is 14.2 Å². The lowest BCUT2D eigenvalue weighted by Gasteiger charge is -2.31. The molecule has 0 saturated carbocycles. The summed E-state index contributed by atoms with van der Waals surface area (Å²) in [4.78, 5) is 0. The molecule has 0 fully saturated rings. The fraction of sp³-hybridized carbons (Fsp3) is 0.400. The number of hydrogen-bond acceptors (Lipinski definition) is 8. The van der Waals surface area contributed by atoms with Crippen LogP contribution in [0.25, 0.3) is 16.9 Å². The quantitative estimate of drug-likeness (QED) is 0.201. The molecule has 1 aromatic heterocycles. The second-order valence-electron chi connectivity index (χ2n) is 7.86. The van der Waals surface area contributed by atoms with E-state index >= 15 is 0 Å². The van der Waals surface area contributed by atoms with Crippen molar-refractivity contribution in [3.63, 3.8) is 0 Å². The number of nitrogens with zero attached hydrogens (tertiary/aromatic N) is 2. The summed E-state index contributed by atoms with van der Waals surface area (Å²) >= 11 is 6.24. The van der Waals surface area contributed by atoms with Crippen LogP contribution in [0.1, 0.15) is 33.3 Å². The van der Waals surface area contributed by atoms with Crippen LogP contribution in [0.4, 0.5) is 0 Å². The molecule has 0 aliphatic rings. The number of rotatable bonds is 14. The molecule has 0 unspecified atom stereocenters. The molecular weight excluding hydrogens is 538 g/mol. The van der Waals surface area contributed by atoms with Gasteiger partial charge in [0.25, 0.3) is 0 Å². The van der Waals surface area contributed by atoms with Gasteiger partial charge in [0.2, 0.25) is 0 Å². The average Bonchev–Trinajstić information content (AvgIpc) is 3.27. The van der Waals surface area contributed by atoms with Gasteiger partial charge in [-0.15, -0.1) is 0 Å². The Kier molecular flexibility index (Phi) is 10.6. The highest BCUT2D eigenvalue weighted by atomic mass is 35.5. The maximum Gasteiger partial charge on any atom is 0.346 e. The van der Waals surface area contributed by atoms with Crippen LogP contribution in [-0.2, 0) is 33.6 Å². The SMILES string of the molecule is CCOP(=O)(OCC)C(Cc1cnn(-c2cccc(Cl)c2)c1-c1ccccc1O)P(=O)(OCC)OCC. The summed E-state index contributed by atoms with van der Waals surface area (Å²) in [6.07, 6.45) is 1.49. The van der Waals surface area contributed by atoms with Crippen LogP contribution < -0.4 is 0 Å². The number of para-hydroxylation sites is 1. The summed E-state index contributed by atoms with van der Waals surface area (Å²) in [6.45, 7) is 7.00. The Morgan fingerprint density at radius 2 is 1.46 bits per heavy atom. The van der Waals surface area contributed by atoms with Crippen LogP contribution in [0.15, 0.2) is 54.7 Å². The maximum atomic E-state index is 14.1. The normalized spacial score (nSPS) is 12.4. The van der Waals surface area contributed by atoms with Crippen molar-refractivity contribution >= 4 is 26.8 Å². The van der Waals surface area contributed by atoms with Gasteiger partial charge in [0.1, 0.15) is 5.75 Å². The molecule has 12 heteroatoms. The Morgan fingerprint density at radius 3 is 1.97 bits per heavy atom. The van der Waals surface area contributed by atoms with Gasteiger partial charge in [0.05, 0.1) is 44.0 Å². The zero-order chi connectivity index (χ0) is 27.1. The minimum atomic E-state index is -4.00. The van der Waals surface area contributed by atoms with Gasteiger partial charge in [-0.2, -0.15) is 5.10 Å². The molecule has 0 atom stereocenters. The summed E-state index contributed by atoms with van der Waals surface area (Å²) in [5.41, 5.74) is 2.15. The van der Waals surface area contributed by atoms with Crippen LogP contribution in [0.2, 0.25) is 5.02 Å². The van der Waals surface area contributed by atoms with Crippen LogP contribution >= 0.6 is 26.8 Å². The maximum absolute atomic E-state index is 14.1. The van der Waals surface area contributed by atoms with Gasteiger partial charge in [-0.05, 0) is 58.0 Å². The highest BCUT2D eigenvalue weighted by Crippen LogP contribution is 2.71. The summed E-state index contributed by atoms with van der Waals surface area (Å²) in [7, 11) is -8.01. The molecule has 3 aromatic rings. The first kappa shape index (κ1) is 29.6. The predicted molar refractivity (Wildman–Crippen MR) is 145 cm³/mol. The van der Waals surface area contributed by atoms with Gasteiger partial charge in [-0.3, -0.25) is 9.13 Å². The monoisotopic (exact) mass is 570 g/mol. The molecule has 0 spiro atoms. The Labute approximate surface area is 222 Å². The third-order valence-electron chi connectivity index (χ3n) is 5.43. The third-order valence-corrected chi connectivity index (χ3v) is 11.7. The Hall–Kier alpha value is -1.96. The van der Waals surface area contributed by atoms with Crippen LogP contribution in [-0.4, -0.2) is 46.7 Å². The summed E-state index contributed by atoms with van der Waals surface area (Å²) in [5, 5.41) is 14.5. The van der Waals surface area contributed by atoms with Gasteiger partial charge in [0.15, 0.2) is 5.40 Å². The fourth-order valence-corrected chi connectivity index (χ4v) is 9.52. The highest BCUT2D eigenvalue weighted by Gasteiger charge is 2.51. The number of halogens is 1. The molecule has 0 aliphatic heterocycles. The number of aromatic nitrogens is 2. The lowest BCUT2D eigenvalue weighted by Crippen LogP contribution is -2.20. The molecule has 0 amide bonds. The van der Waals surface area contributed by atoms with Gasteiger partial charge >= 0.3 is 15.2 Å². The third kappa shape index (κ3) is 6.73. The van der Waals surface area contributed by atoms with E-state index in [2.05, 4.69) is 5.10 Å². The van der Waals surface area contributed by atoms with Crippen LogP contribution in [0.3, 0.4) is 0 Å². The van der Waals surface area contributed by atoms with Crippen molar-refractivity contribution in [2.24, 2.45) is 0 Å². The second kappa shape index (κ2) is 13.2. The van der Waals surface area contributed by atoms with E-state index in [-0.39, 0.29) is 38.6 Å². The van der Waals surface area contributed by atoms with Gasteiger partial charge in [0, 0.05) is 22.6 Å². The Bertz CT molecular complexity index is 1230. The van der Waals surface area contributed by atoms with Crippen molar-refractivity contribution in [1.82, 2.24) is 9.78 Å². The van der Waals surface area contributed by atoms with Gasteiger partial charge in [-0.25, -0.2) is 4.68 Å². The molecule has 1 heterocycles. The predicted octanol–water partition coefficient (Wildman–Crippen LogP) is 7.30. The molecular formula is C25H33ClN2O7P2. The topological polar surface area (TPSA) is 109 Å². The van der Waals surface area contributed by atoms with E-state index in [4.69, 9.17) is 29.7 Å². The number of hydrogen-bond donors (Lipinski definition) is 1. The molecule has 9 nitrogen and oxygen atoms in total. The van der Waals surface area contributed by atoms with E-state index in [1.165, 1.54) is 0 Å². The zero-order valence-corrected chi connectivity index (χ0v) is 23.9. The standard InChI is InChI=1S/C25H33ClN2O7P2/c1-5-32-36(30,33-6-2)24(37(31,34-7-3)35-8-4)16-19-18-27-28(21-13-11-12-20(26)17-21)25(19)22-14-9-10-15-23(22)29/h9-15,17-18,24,29H,5-8,16H2,1-4H3. The summed E-state index contributed by atoms with van der Waals surface area (Å²) < 4.78 is 52.3. The minimum absolute atomic E-state index is 0.0136. The van der Waals surface area contributed by atoms with E-state index < -0.39 is 20.6 Å². The average molecular weight is 571 g/mol. The molecule has 0 aliphatic carbocycles. The van der Waals surface area contributed by atoms with Gasteiger partial charge < -0.3 is 23.2 Å². The summed E-state index contributed by atoms with van der Waals surface area (Å²) in [5.74, 6) is 0.0136. The fourth-order valence-electron chi connectivity index (χ4n) is 4.03. The second-order valence-corrected chi connectivity index (χ2v) is 13.1. The first-order valence-corrected chi connectivity index (χ1v) is 15.7. The van der Waals surface area contributed by atoms with Crippen molar-refractivity contribution in [1.29, 1.82) is 0 Å². The molecule has 0 bridgehead atoms. The zero-order valence-electron chi connectivity index (χ0n) is 21.4. The molecule has 0 radical (unpaired) electrons. The van der Waals surface area contributed by atoms with Crippen molar-refractivity contribution in [3.8, 4) is 22.7 Å². The molecule has 37 heavy (non-hydrogen) atoms. The largest absolute Gasteiger partial charge is 0.507 e. The van der Waals surface area contributed by atoms with Crippen molar-refractivity contribution < 1.29 is 32.3 Å². The molecule has 2 aromatic carbocycles. The number of phenolic OH excluding ortho intramolecular Hbond substituents is 1. The Morgan fingerprint density at radius 1 is 0.892 bits per heavy atom. The van der Waals surface area contributed by atoms with Crippen molar-refractivity contribution in [2.75, 3.05) is 26.4 Å². The van der Waals surface area contributed by atoms with Crippen LogP contribution in [0.5, 0.6) is 5.75 Å². The molecule has 3 rings (SSSR count). The van der Waals surface area contributed by atoms with Crippen molar-refractivity contribution in [2.45, 2.75) is 39.5 Å². The molecule has 1 N–H and O–H groups in total. The number of benzene rings is 2. The smallest absolute Gasteiger partial charge is 0.346 e. The van der Waals surface area contributed by atoms with Gasteiger partial charge in [-0.1, -0.05) is 29.8 Å². The molecule has 0 saturated heterocycles. The highest BCUT2D eigenvalue weighted by molar-refractivity contribution is 7.72. The number of phenols is 1. The Balaban J connectivity index is 2.26. The van der Waals surface area contributed by atoms with Crippen molar-refractivity contribution in [3.05, 3.63) is 65.3 Å². The van der Waals surface area contributed by atoms with Crippen LogP contribution in [0, 0.1) is 0 Å². The first-order chi connectivity index (χ1) is 17.7. The van der Waals surface area contributed by atoms with E-state index in [0.29, 0.717) is 27.5 Å². The lowest BCUT2D eigenvalue weighted by molar-refractivity contribution is 0.195. The number of aromatic hydroxyl groups is 1. The summed E-state index contributed by atoms with van der Waals surface area (Å²) in [6, 6.07) is 13.9. The van der Waals surface area contributed by atoms with E-state index in [1.807, 2.05) is 6.07 Å².